The van der Waals surface area contributed by atoms with Gasteiger partial charge >= 0.3 is 0 Å². The number of methoxy groups -OCH3 is 1. The molecule has 1 aliphatic heterocycles. The van der Waals surface area contributed by atoms with Gasteiger partial charge in [0.2, 0.25) is 0 Å². The number of carbonyl (C=O) groups is 2. The summed E-state index contributed by atoms with van der Waals surface area (Å²) >= 11 is 6.12. The first-order valence-electron chi connectivity index (χ1n) is 11.6. The molecule has 7 nitrogen and oxygen atoms in total. The predicted molar refractivity (Wildman–Crippen MR) is 136 cm³/mol. The number of aromatic hydroxyl groups is 1. The zero-order valence-electron chi connectivity index (χ0n) is 20.2. The Morgan fingerprint density at radius 3 is 2.46 bits per heavy atom. The average Bonchev–Trinajstić information content (AvgIpc) is 3.14. The smallest absolute Gasteiger partial charge is 0.295 e. The highest BCUT2D eigenvalue weighted by atomic mass is 35.5. The SMILES string of the molecule is CCOc1cc(C2/C(=C(/O)c3ccc(Cl)c(OC)c3)C(=O)C(=O)N2CCc2ccc(F)cc2)ccc1O. The van der Waals surface area contributed by atoms with E-state index in [0.717, 1.165) is 5.56 Å². The van der Waals surface area contributed by atoms with E-state index in [0.29, 0.717) is 17.0 Å². The summed E-state index contributed by atoms with van der Waals surface area (Å²) in [5.41, 5.74) is 1.35. The van der Waals surface area contributed by atoms with Crippen LogP contribution in [0.15, 0.2) is 66.2 Å². The Balaban J connectivity index is 1.83. The summed E-state index contributed by atoms with van der Waals surface area (Å²) in [6.07, 6.45) is 0.342. The van der Waals surface area contributed by atoms with Crippen LogP contribution in [0.3, 0.4) is 0 Å². The van der Waals surface area contributed by atoms with Crippen molar-refractivity contribution in [3.8, 4) is 17.2 Å². The summed E-state index contributed by atoms with van der Waals surface area (Å²) in [6.45, 7) is 2.16. The summed E-state index contributed by atoms with van der Waals surface area (Å²) in [5, 5.41) is 21.8. The number of hydrogen-bond acceptors (Lipinski definition) is 6. The maximum atomic E-state index is 13.3. The molecule has 4 rings (SSSR count). The van der Waals surface area contributed by atoms with Crippen LogP contribution in [-0.2, 0) is 16.0 Å². The van der Waals surface area contributed by atoms with E-state index in [1.165, 1.54) is 54.5 Å². The number of benzene rings is 3. The van der Waals surface area contributed by atoms with Crippen molar-refractivity contribution in [3.05, 3.63) is 93.8 Å². The molecule has 1 aliphatic rings. The van der Waals surface area contributed by atoms with Gasteiger partial charge in [0.25, 0.3) is 11.7 Å². The molecule has 3 aromatic carbocycles. The summed E-state index contributed by atoms with van der Waals surface area (Å²) in [4.78, 5) is 27.8. The standard InChI is InChI=1S/C28H25ClFNO6/c1-3-37-23-14-17(7-11-21(23)32)25-24(26(33)18-6-10-20(29)22(15-18)36-2)27(34)28(35)31(25)13-12-16-4-8-19(30)9-5-16/h4-11,14-15,25,32-33H,3,12-13H2,1-2H3/b26-24-. The van der Waals surface area contributed by atoms with Crippen molar-refractivity contribution in [1.82, 2.24) is 4.90 Å². The van der Waals surface area contributed by atoms with Crippen LogP contribution in [0.5, 0.6) is 17.2 Å². The van der Waals surface area contributed by atoms with Gasteiger partial charge < -0.3 is 24.6 Å². The fourth-order valence-electron chi connectivity index (χ4n) is 4.29. The van der Waals surface area contributed by atoms with Crippen molar-refractivity contribution in [2.45, 2.75) is 19.4 Å². The third kappa shape index (κ3) is 5.24. The van der Waals surface area contributed by atoms with Gasteiger partial charge in [-0.1, -0.05) is 29.8 Å². The summed E-state index contributed by atoms with van der Waals surface area (Å²) < 4.78 is 24.1. The van der Waals surface area contributed by atoms with E-state index in [9.17, 15) is 24.2 Å². The molecular formula is C28H25ClFNO6. The number of aliphatic hydroxyl groups is 1. The van der Waals surface area contributed by atoms with Crippen LogP contribution in [0.2, 0.25) is 5.02 Å². The Morgan fingerprint density at radius 2 is 1.78 bits per heavy atom. The molecule has 2 N–H and O–H groups in total. The Morgan fingerprint density at radius 1 is 1.05 bits per heavy atom. The maximum Gasteiger partial charge on any atom is 0.295 e. The molecule has 1 unspecified atom stereocenters. The third-order valence-corrected chi connectivity index (χ3v) is 6.43. The molecule has 0 aromatic heterocycles. The number of likely N-dealkylation sites (tertiary alicyclic amines) is 1. The monoisotopic (exact) mass is 525 g/mol. The number of rotatable bonds is 8. The lowest BCUT2D eigenvalue weighted by Gasteiger charge is -2.26. The van der Waals surface area contributed by atoms with Gasteiger partial charge in [0.05, 0.1) is 30.4 Å². The fraction of sp³-hybridized carbons (Fsp3) is 0.214. The van der Waals surface area contributed by atoms with Gasteiger partial charge in [0, 0.05) is 12.1 Å². The number of Topliss-reactive ketones (excluding diaryl/α,β-unsaturated/α-hetero) is 1. The first-order valence-corrected chi connectivity index (χ1v) is 12.0. The van der Waals surface area contributed by atoms with Gasteiger partial charge in [-0.15, -0.1) is 0 Å². The normalized spacial score (nSPS) is 16.8. The number of hydrogen-bond donors (Lipinski definition) is 2. The predicted octanol–water partition coefficient (Wildman–Crippen LogP) is 5.26. The number of nitrogens with zero attached hydrogens (tertiary/aromatic N) is 1. The second-order valence-corrected chi connectivity index (χ2v) is 8.79. The number of carbonyl (C=O) groups excluding carboxylic acids is 2. The Hall–Kier alpha value is -4.04. The number of phenolic OH excluding ortho intramolecular Hbond substituents is 1. The van der Waals surface area contributed by atoms with Crippen molar-refractivity contribution in [2.75, 3.05) is 20.3 Å². The van der Waals surface area contributed by atoms with Crippen molar-refractivity contribution in [1.29, 1.82) is 0 Å². The van der Waals surface area contributed by atoms with Crippen LogP contribution in [0.25, 0.3) is 5.76 Å². The lowest BCUT2D eigenvalue weighted by molar-refractivity contribution is -0.139. The number of aliphatic hydroxyl groups excluding tert-OH is 1. The zero-order chi connectivity index (χ0) is 26.7. The summed E-state index contributed by atoms with van der Waals surface area (Å²) in [6, 6.07) is 13.9. The van der Waals surface area contributed by atoms with E-state index >= 15 is 0 Å². The molecule has 0 aliphatic carbocycles. The minimum absolute atomic E-state index is 0.101. The molecule has 0 spiro atoms. The molecule has 0 bridgehead atoms. The minimum atomic E-state index is -0.970. The number of ether oxygens (including phenoxy) is 2. The second-order valence-electron chi connectivity index (χ2n) is 8.38. The molecular weight excluding hydrogens is 501 g/mol. The van der Waals surface area contributed by atoms with Gasteiger partial charge in [0.1, 0.15) is 17.3 Å². The first kappa shape index (κ1) is 26.0. The van der Waals surface area contributed by atoms with Crippen molar-refractivity contribution in [2.24, 2.45) is 0 Å². The molecule has 9 heteroatoms. The Bertz CT molecular complexity index is 1370. The molecule has 1 heterocycles. The molecule has 3 aromatic rings. The van der Waals surface area contributed by atoms with E-state index in [-0.39, 0.29) is 47.4 Å². The quantitative estimate of drug-likeness (QED) is 0.237. The van der Waals surface area contributed by atoms with Crippen LogP contribution < -0.4 is 9.47 Å². The number of halogens is 2. The topological polar surface area (TPSA) is 96.3 Å². The molecule has 1 amide bonds. The molecule has 37 heavy (non-hydrogen) atoms. The van der Waals surface area contributed by atoms with E-state index in [4.69, 9.17) is 21.1 Å². The number of ketones is 1. The van der Waals surface area contributed by atoms with Crippen LogP contribution in [0.1, 0.15) is 29.7 Å². The van der Waals surface area contributed by atoms with Crippen molar-refractivity contribution in [3.63, 3.8) is 0 Å². The maximum absolute atomic E-state index is 13.3. The van der Waals surface area contributed by atoms with Crippen LogP contribution >= 0.6 is 11.6 Å². The minimum Gasteiger partial charge on any atom is -0.507 e. The molecule has 0 radical (unpaired) electrons. The van der Waals surface area contributed by atoms with E-state index < -0.39 is 23.5 Å². The van der Waals surface area contributed by atoms with E-state index in [2.05, 4.69) is 0 Å². The molecule has 192 valence electrons. The first-order chi connectivity index (χ1) is 17.7. The van der Waals surface area contributed by atoms with Gasteiger partial charge in [-0.2, -0.15) is 0 Å². The highest BCUT2D eigenvalue weighted by molar-refractivity contribution is 6.46. The summed E-state index contributed by atoms with van der Waals surface area (Å²) in [7, 11) is 1.42. The van der Waals surface area contributed by atoms with Crippen molar-refractivity contribution < 1.29 is 33.7 Å². The lowest BCUT2D eigenvalue weighted by Crippen LogP contribution is -2.31. The molecule has 1 saturated heterocycles. The summed E-state index contributed by atoms with van der Waals surface area (Å²) in [5.74, 6) is -2.06. The van der Waals surface area contributed by atoms with E-state index in [1.54, 1.807) is 25.1 Å². The third-order valence-electron chi connectivity index (χ3n) is 6.12. The molecule has 0 saturated carbocycles. The Kier molecular flexibility index (Phi) is 7.69. The molecule has 1 fully saturated rings. The van der Waals surface area contributed by atoms with Gasteiger partial charge in [-0.05, 0) is 66.9 Å². The molecule has 1 atom stereocenters. The average molecular weight is 526 g/mol. The van der Waals surface area contributed by atoms with Gasteiger partial charge in [-0.3, -0.25) is 9.59 Å². The fourth-order valence-corrected chi connectivity index (χ4v) is 4.49. The van der Waals surface area contributed by atoms with Crippen LogP contribution in [0, 0.1) is 5.82 Å². The second kappa shape index (κ2) is 10.9. The zero-order valence-corrected chi connectivity index (χ0v) is 21.0. The number of phenols is 1. The highest BCUT2D eigenvalue weighted by Gasteiger charge is 2.46. The van der Waals surface area contributed by atoms with Gasteiger partial charge in [-0.25, -0.2) is 4.39 Å². The van der Waals surface area contributed by atoms with Crippen LogP contribution in [-0.4, -0.2) is 47.1 Å². The van der Waals surface area contributed by atoms with Crippen molar-refractivity contribution >= 4 is 29.1 Å². The highest BCUT2D eigenvalue weighted by Crippen LogP contribution is 2.42. The lowest BCUT2D eigenvalue weighted by atomic mass is 9.94. The van der Waals surface area contributed by atoms with Gasteiger partial charge in [0.15, 0.2) is 11.5 Å². The van der Waals surface area contributed by atoms with E-state index in [1.807, 2.05) is 0 Å². The largest absolute Gasteiger partial charge is 0.507 e. The Labute approximate surface area is 218 Å². The van der Waals surface area contributed by atoms with Crippen LogP contribution in [0.4, 0.5) is 4.39 Å². The number of amides is 1.